The van der Waals surface area contributed by atoms with Crippen LogP contribution < -0.4 is 5.32 Å². The molecule has 86 valence electrons. The summed E-state index contributed by atoms with van der Waals surface area (Å²) in [5.74, 6) is 0.661. The first-order chi connectivity index (χ1) is 8.22. The lowest BCUT2D eigenvalue weighted by molar-refractivity contribution is 0.894. The van der Waals surface area contributed by atoms with E-state index in [2.05, 4.69) is 29.4 Å². The van der Waals surface area contributed by atoms with Gasteiger partial charge in [0.1, 0.15) is 11.9 Å². The van der Waals surface area contributed by atoms with Crippen LogP contribution in [0.5, 0.6) is 0 Å². The molecule has 0 aromatic carbocycles. The summed E-state index contributed by atoms with van der Waals surface area (Å²) in [4.78, 5) is 5.46. The number of nitrogens with zero attached hydrogens (tertiary/aromatic N) is 2. The molecule has 17 heavy (non-hydrogen) atoms. The van der Waals surface area contributed by atoms with Crippen molar-refractivity contribution in [2.45, 2.75) is 19.9 Å². The third-order valence-electron chi connectivity index (χ3n) is 2.59. The smallest absolute Gasteiger partial charge is 0.144 e. The van der Waals surface area contributed by atoms with Crippen LogP contribution in [0.25, 0.3) is 0 Å². The maximum atomic E-state index is 9.12. The number of hydrogen-bond acceptors (Lipinski definition) is 4. The minimum absolute atomic E-state index is 0.163. The summed E-state index contributed by atoms with van der Waals surface area (Å²) in [6.45, 7) is 3.98. The topological polar surface area (TPSA) is 48.7 Å². The number of aryl methyl sites for hydroxylation is 1. The van der Waals surface area contributed by atoms with Crippen LogP contribution in [-0.4, -0.2) is 4.98 Å². The van der Waals surface area contributed by atoms with E-state index in [4.69, 9.17) is 5.26 Å². The van der Waals surface area contributed by atoms with Crippen LogP contribution in [0.4, 0.5) is 5.82 Å². The molecular formula is C13H13N3S. The third kappa shape index (κ3) is 2.45. The minimum atomic E-state index is 0.163. The fraction of sp³-hybridized carbons (Fsp3) is 0.231. The number of thiophene rings is 1. The lowest BCUT2D eigenvalue weighted by Crippen LogP contribution is -2.08. The van der Waals surface area contributed by atoms with Crippen molar-refractivity contribution in [1.82, 2.24) is 4.98 Å². The SMILES string of the molecule is Cc1ccnc(NC(C)c2cccs2)c1C#N. The van der Waals surface area contributed by atoms with Crippen molar-refractivity contribution in [2.75, 3.05) is 5.32 Å². The zero-order valence-corrected chi connectivity index (χ0v) is 10.6. The van der Waals surface area contributed by atoms with Crippen molar-refractivity contribution in [3.8, 4) is 6.07 Å². The largest absolute Gasteiger partial charge is 0.362 e. The van der Waals surface area contributed by atoms with Crippen molar-refractivity contribution in [2.24, 2.45) is 0 Å². The molecule has 0 radical (unpaired) electrons. The zero-order valence-electron chi connectivity index (χ0n) is 9.77. The van der Waals surface area contributed by atoms with Crippen LogP contribution in [0.2, 0.25) is 0 Å². The second-order valence-electron chi connectivity index (χ2n) is 3.84. The van der Waals surface area contributed by atoms with Gasteiger partial charge in [-0.05, 0) is 36.9 Å². The summed E-state index contributed by atoms with van der Waals surface area (Å²) in [7, 11) is 0. The molecular weight excluding hydrogens is 230 g/mol. The number of nitrogens with one attached hydrogen (secondary N) is 1. The standard InChI is InChI=1S/C13H13N3S/c1-9-5-6-15-13(11(9)8-14)16-10(2)12-4-3-7-17-12/h3-7,10H,1-2H3,(H,15,16). The van der Waals surface area contributed by atoms with Gasteiger partial charge in [0, 0.05) is 11.1 Å². The van der Waals surface area contributed by atoms with E-state index >= 15 is 0 Å². The Balaban J connectivity index is 2.25. The van der Waals surface area contributed by atoms with Crippen LogP contribution in [-0.2, 0) is 0 Å². The second-order valence-corrected chi connectivity index (χ2v) is 4.82. The van der Waals surface area contributed by atoms with Crippen LogP contribution >= 0.6 is 11.3 Å². The second kappa shape index (κ2) is 4.98. The minimum Gasteiger partial charge on any atom is -0.362 e. The van der Waals surface area contributed by atoms with Gasteiger partial charge in [-0.2, -0.15) is 5.26 Å². The van der Waals surface area contributed by atoms with E-state index in [0.29, 0.717) is 11.4 Å². The molecule has 0 amide bonds. The van der Waals surface area contributed by atoms with Crippen molar-refractivity contribution in [1.29, 1.82) is 5.26 Å². The molecule has 2 aromatic rings. The van der Waals surface area contributed by atoms with Gasteiger partial charge in [0.25, 0.3) is 0 Å². The maximum Gasteiger partial charge on any atom is 0.144 e. The van der Waals surface area contributed by atoms with Gasteiger partial charge < -0.3 is 5.32 Å². The molecule has 0 aliphatic rings. The summed E-state index contributed by atoms with van der Waals surface area (Å²) < 4.78 is 0. The van der Waals surface area contributed by atoms with E-state index in [1.54, 1.807) is 17.5 Å². The highest BCUT2D eigenvalue weighted by Crippen LogP contribution is 2.24. The predicted molar refractivity (Wildman–Crippen MR) is 70.0 cm³/mol. The predicted octanol–water partition coefficient (Wildman–Crippen LogP) is 3.50. The average molecular weight is 243 g/mol. The number of rotatable bonds is 3. The Hall–Kier alpha value is -1.86. The molecule has 2 heterocycles. The van der Waals surface area contributed by atoms with E-state index < -0.39 is 0 Å². The van der Waals surface area contributed by atoms with Crippen molar-refractivity contribution in [3.05, 3.63) is 45.8 Å². The summed E-state index contributed by atoms with van der Waals surface area (Å²) in [5.41, 5.74) is 1.57. The van der Waals surface area contributed by atoms with E-state index in [-0.39, 0.29) is 6.04 Å². The highest BCUT2D eigenvalue weighted by atomic mass is 32.1. The van der Waals surface area contributed by atoms with Crippen LogP contribution in [0.15, 0.2) is 29.8 Å². The number of nitriles is 1. The molecule has 0 saturated heterocycles. The fourth-order valence-corrected chi connectivity index (χ4v) is 2.36. The molecule has 2 rings (SSSR count). The zero-order chi connectivity index (χ0) is 12.3. The van der Waals surface area contributed by atoms with Gasteiger partial charge in [-0.3, -0.25) is 0 Å². The molecule has 1 N–H and O–H groups in total. The maximum absolute atomic E-state index is 9.12. The fourth-order valence-electron chi connectivity index (χ4n) is 1.62. The van der Waals surface area contributed by atoms with Crippen LogP contribution in [0.3, 0.4) is 0 Å². The molecule has 0 fully saturated rings. The van der Waals surface area contributed by atoms with Gasteiger partial charge in [-0.1, -0.05) is 6.07 Å². The number of anilines is 1. The molecule has 0 aliphatic carbocycles. The first kappa shape index (κ1) is 11.6. The molecule has 1 unspecified atom stereocenters. The number of pyridine rings is 1. The van der Waals surface area contributed by atoms with Gasteiger partial charge in [0.15, 0.2) is 0 Å². The summed E-state index contributed by atoms with van der Waals surface area (Å²) in [6, 6.07) is 8.30. The lowest BCUT2D eigenvalue weighted by atomic mass is 10.1. The highest BCUT2D eigenvalue weighted by Gasteiger charge is 2.11. The van der Waals surface area contributed by atoms with Crippen molar-refractivity contribution < 1.29 is 0 Å². The lowest BCUT2D eigenvalue weighted by Gasteiger charge is -2.14. The monoisotopic (exact) mass is 243 g/mol. The van der Waals surface area contributed by atoms with Gasteiger partial charge in [0.05, 0.1) is 11.6 Å². The third-order valence-corrected chi connectivity index (χ3v) is 3.65. The summed E-state index contributed by atoms with van der Waals surface area (Å²) >= 11 is 1.69. The summed E-state index contributed by atoms with van der Waals surface area (Å²) in [6.07, 6.45) is 1.72. The number of aromatic nitrogens is 1. The average Bonchev–Trinajstić information content (AvgIpc) is 2.82. The molecule has 3 nitrogen and oxygen atoms in total. The molecule has 0 spiro atoms. The Morgan fingerprint density at radius 2 is 2.29 bits per heavy atom. The van der Waals surface area contributed by atoms with Crippen LogP contribution in [0.1, 0.15) is 29.0 Å². The quantitative estimate of drug-likeness (QED) is 0.897. The summed E-state index contributed by atoms with van der Waals surface area (Å²) in [5, 5.41) is 14.4. The molecule has 4 heteroatoms. The first-order valence-corrected chi connectivity index (χ1v) is 6.26. The Morgan fingerprint density at radius 1 is 1.47 bits per heavy atom. The Bertz CT molecular complexity index is 540. The van der Waals surface area contributed by atoms with E-state index in [1.807, 2.05) is 24.4 Å². The molecule has 1 atom stereocenters. The van der Waals surface area contributed by atoms with Crippen molar-refractivity contribution in [3.63, 3.8) is 0 Å². The Morgan fingerprint density at radius 3 is 2.94 bits per heavy atom. The molecule has 0 bridgehead atoms. The van der Waals surface area contributed by atoms with Gasteiger partial charge in [0.2, 0.25) is 0 Å². The molecule has 0 saturated carbocycles. The van der Waals surface area contributed by atoms with Gasteiger partial charge in [-0.25, -0.2) is 4.98 Å². The molecule has 2 aromatic heterocycles. The number of hydrogen-bond donors (Lipinski definition) is 1. The van der Waals surface area contributed by atoms with Gasteiger partial charge >= 0.3 is 0 Å². The van der Waals surface area contributed by atoms with Crippen LogP contribution in [0, 0.1) is 18.3 Å². The van der Waals surface area contributed by atoms with E-state index in [1.165, 1.54) is 4.88 Å². The first-order valence-electron chi connectivity index (χ1n) is 5.38. The highest BCUT2D eigenvalue weighted by molar-refractivity contribution is 7.10. The molecule has 0 aliphatic heterocycles. The van der Waals surface area contributed by atoms with E-state index in [0.717, 1.165) is 5.56 Å². The van der Waals surface area contributed by atoms with Gasteiger partial charge in [-0.15, -0.1) is 11.3 Å². The van der Waals surface area contributed by atoms with Crippen molar-refractivity contribution >= 4 is 17.2 Å². The Kier molecular flexibility index (Phi) is 3.40. The Labute approximate surface area is 105 Å². The van der Waals surface area contributed by atoms with E-state index in [9.17, 15) is 0 Å². The normalized spacial score (nSPS) is 11.8.